The van der Waals surface area contributed by atoms with Crippen molar-refractivity contribution in [2.75, 3.05) is 0 Å². The first-order valence-corrected chi connectivity index (χ1v) is 5.86. The molecule has 0 aliphatic rings. The third-order valence-corrected chi connectivity index (χ3v) is 3.01. The summed E-state index contributed by atoms with van der Waals surface area (Å²) in [6.07, 6.45) is 3.22. The topological polar surface area (TPSA) is 73.3 Å². The lowest BCUT2D eigenvalue weighted by molar-refractivity contribution is 0.0997. The highest BCUT2D eigenvalue weighted by molar-refractivity contribution is 5.97. The number of aromatic nitrogens is 3. The molecule has 5 nitrogen and oxygen atoms in total. The summed E-state index contributed by atoms with van der Waals surface area (Å²) in [5.41, 5.74) is 9.09. The number of hydrogen-bond acceptors (Lipinski definition) is 3. The maximum absolute atomic E-state index is 11.3. The van der Waals surface area contributed by atoms with E-state index < -0.39 is 5.91 Å². The number of benzene rings is 1. The van der Waals surface area contributed by atoms with Crippen molar-refractivity contribution in [2.24, 2.45) is 5.73 Å². The van der Waals surface area contributed by atoms with Gasteiger partial charge in [-0.25, -0.2) is 9.97 Å². The van der Waals surface area contributed by atoms with Gasteiger partial charge in [-0.2, -0.15) is 0 Å². The first-order valence-electron chi connectivity index (χ1n) is 5.86. The number of rotatable bonds is 2. The quantitative estimate of drug-likeness (QED) is 0.755. The van der Waals surface area contributed by atoms with Crippen molar-refractivity contribution in [3.63, 3.8) is 0 Å². The van der Waals surface area contributed by atoms with Crippen LogP contribution in [0.3, 0.4) is 0 Å². The van der Waals surface area contributed by atoms with E-state index in [1.54, 1.807) is 16.9 Å². The summed E-state index contributed by atoms with van der Waals surface area (Å²) in [5, 5.41) is 0. The Kier molecular flexibility index (Phi) is 2.52. The number of hydrogen-bond donors (Lipinski definition) is 1. The first-order chi connectivity index (χ1) is 9.16. The minimum Gasteiger partial charge on any atom is -0.364 e. The van der Waals surface area contributed by atoms with Crippen molar-refractivity contribution >= 4 is 11.6 Å². The minimum absolute atomic E-state index is 0.189. The number of carbonyl (C=O) groups is 1. The molecule has 0 aliphatic carbocycles. The molecular formula is C14H12N4O. The fraction of sp³-hybridized carbons (Fsp3) is 0.0714. The van der Waals surface area contributed by atoms with E-state index >= 15 is 0 Å². The molecule has 19 heavy (non-hydrogen) atoms. The second-order valence-corrected chi connectivity index (χ2v) is 4.35. The Hall–Kier alpha value is -2.69. The van der Waals surface area contributed by atoms with Gasteiger partial charge in [0.1, 0.15) is 6.33 Å². The third-order valence-electron chi connectivity index (χ3n) is 3.01. The van der Waals surface area contributed by atoms with E-state index in [2.05, 4.69) is 9.97 Å². The molecule has 0 spiro atoms. The number of carbonyl (C=O) groups excluding carboxylic acids is 1. The Bertz CT molecular complexity index is 759. The predicted octanol–water partition coefficient (Wildman–Crippen LogP) is 1.80. The van der Waals surface area contributed by atoms with Gasteiger partial charge in [-0.3, -0.25) is 9.20 Å². The van der Waals surface area contributed by atoms with E-state index in [9.17, 15) is 4.79 Å². The van der Waals surface area contributed by atoms with Crippen LogP contribution in [0, 0.1) is 6.92 Å². The largest absolute Gasteiger partial charge is 0.364 e. The van der Waals surface area contributed by atoms with Gasteiger partial charge in [0.2, 0.25) is 0 Å². The maximum atomic E-state index is 11.3. The van der Waals surface area contributed by atoms with Crippen LogP contribution in [0.5, 0.6) is 0 Å². The number of nitrogens with zero attached hydrogens (tertiary/aromatic N) is 3. The molecule has 3 aromatic rings. The van der Waals surface area contributed by atoms with Crippen molar-refractivity contribution in [1.29, 1.82) is 0 Å². The van der Waals surface area contributed by atoms with Crippen LogP contribution in [-0.2, 0) is 0 Å². The molecule has 2 heterocycles. The summed E-state index contributed by atoms with van der Waals surface area (Å²) in [5.74, 6) is -0.573. The number of amides is 1. The Morgan fingerprint density at radius 3 is 2.58 bits per heavy atom. The Balaban J connectivity index is 2.25. The SMILES string of the molecule is Cc1ccc(-c2ccnc3c(C(N)=O)ncn23)cc1. The highest BCUT2D eigenvalue weighted by Crippen LogP contribution is 2.21. The Morgan fingerprint density at radius 2 is 1.89 bits per heavy atom. The number of nitrogens with two attached hydrogens (primary N) is 1. The summed E-state index contributed by atoms with van der Waals surface area (Å²) in [4.78, 5) is 19.5. The number of fused-ring (bicyclic) bond motifs is 1. The number of aryl methyl sites for hydroxylation is 1. The van der Waals surface area contributed by atoms with Crippen molar-refractivity contribution in [3.8, 4) is 11.3 Å². The minimum atomic E-state index is -0.573. The molecule has 0 saturated carbocycles. The Labute approximate surface area is 109 Å². The second kappa shape index (κ2) is 4.20. The van der Waals surface area contributed by atoms with E-state index in [4.69, 9.17) is 5.73 Å². The highest BCUT2D eigenvalue weighted by Gasteiger charge is 2.13. The van der Waals surface area contributed by atoms with Crippen LogP contribution < -0.4 is 5.73 Å². The van der Waals surface area contributed by atoms with E-state index in [1.807, 2.05) is 37.3 Å². The summed E-state index contributed by atoms with van der Waals surface area (Å²) < 4.78 is 1.77. The van der Waals surface area contributed by atoms with Crippen LogP contribution >= 0.6 is 0 Å². The van der Waals surface area contributed by atoms with E-state index in [0.717, 1.165) is 11.3 Å². The molecule has 0 bridgehead atoms. The van der Waals surface area contributed by atoms with Gasteiger partial charge >= 0.3 is 0 Å². The normalized spacial score (nSPS) is 10.8. The van der Waals surface area contributed by atoms with Gasteiger partial charge in [-0.15, -0.1) is 0 Å². The second-order valence-electron chi connectivity index (χ2n) is 4.35. The molecule has 0 atom stereocenters. The molecular weight excluding hydrogens is 240 g/mol. The van der Waals surface area contributed by atoms with Crippen molar-refractivity contribution in [2.45, 2.75) is 6.92 Å². The van der Waals surface area contributed by atoms with Crippen molar-refractivity contribution in [3.05, 3.63) is 54.1 Å². The zero-order valence-electron chi connectivity index (χ0n) is 10.4. The first kappa shape index (κ1) is 11.4. The van der Waals surface area contributed by atoms with Crippen LogP contribution in [0.25, 0.3) is 16.9 Å². The average molecular weight is 252 g/mol. The lowest BCUT2D eigenvalue weighted by atomic mass is 10.1. The zero-order valence-corrected chi connectivity index (χ0v) is 10.4. The van der Waals surface area contributed by atoms with Crippen LogP contribution in [0.1, 0.15) is 16.1 Å². The average Bonchev–Trinajstić information content (AvgIpc) is 2.83. The van der Waals surface area contributed by atoms with Crippen molar-refractivity contribution in [1.82, 2.24) is 14.4 Å². The Morgan fingerprint density at radius 1 is 1.16 bits per heavy atom. The van der Waals surface area contributed by atoms with Gasteiger partial charge in [0.25, 0.3) is 5.91 Å². The van der Waals surface area contributed by atoms with Gasteiger partial charge < -0.3 is 5.73 Å². The van der Waals surface area contributed by atoms with Gasteiger partial charge in [-0.1, -0.05) is 29.8 Å². The number of imidazole rings is 1. The van der Waals surface area contributed by atoms with E-state index in [-0.39, 0.29) is 5.69 Å². The molecule has 0 unspecified atom stereocenters. The predicted molar refractivity (Wildman–Crippen MR) is 71.7 cm³/mol. The van der Waals surface area contributed by atoms with Crippen LogP contribution in [-0.4, -0.2) is 20.3 Å². The van der Waals surface area contributed by atoms with E-state index in [1.165, 1.54) is 5.56 Å². The van der Waals surface area contributed by atoms with Crippen LogP contribution in [0.4, 0.5) is 0 Å². The van der Waals surface area contributed by atoms with Gasteiger partial charge in [0.05, 0.1) is 5.69 Å². The standard InChI is InChI=1S/C14H12N4O/c1-9-2-4-10(5-3-9)11-6-7-16-14-12(13(15)19)17-8-18(11)14/h2-8H,1H3,(H2,15,19). The molecule has 2 aromatic heterocycles. The highest BCUT2D eigenvalue weighted by atomic mass is 16.1. The number of primary amides is 1. The maximum Gasteiger partial charge on any atom is 0.271 e. The summed E-state index contributed by atoms with van der Waals surface area (Å²) in [7, 11) is 0. The summed E-state index contributed by atoms with van der Waals surface area (Å²) >= 11 is 0. The van der Waals surface area contributed by atoms with Gasteiger partial charge in [0, 0.05) is 6.20 Å². The van der Waals surface area contributed by atoms with Crippen molar-refractivity contribution < 1.29 is 4.79 Å². The van der Waals surface area contributed by atoms with Crippen LogP contribution in [0.2, 0.25) is 0 Å². The summed E-state index contributed by atoms with van der Waals surface area (Å²) in [6.45, 7) is 2.04. The molecule has 3 rings (SSSR count). The monoisotopic (exact) mass is 252 g/mol. The lowest BCUT2D eigenvalue weighted by Gasteiger charge is -2.05. The molecule has 5 heteroatoms. The summed E-state index contributed by atoms with van der Waals surface area (Å²) in [6, 6.07) is 9.99. The fourth-order valence-corrected chi connectivity index (χ4v) is 2.03. The molecule has 0 saturated heterocycles. The fourth-order valence-electron chi connectivity index (χ4n) is 2.03. The molecule has 0 fully saturated rings. The zero-order chi connectivity index (χ0) is 13.4. The molecule has 1 aromatic carbocycles. The molecule has 2 N–H and O–H groups in total. The molecule has 0 radical (unpaired) electrons. The molecule has 1 amide bonds. The van der Waals surface area contributed by atoms with Gasteiger partial charge in [0.15, 0.2) is 11.3 Å². The van der Waals surface area contributed by atoms with Gasteiger partial charge in [-0.05, 0) is 18.6 Å². The molecule has 0 aliphatic heterocycles. The van der Waals surface area contributed by atoms with Crippen LogP contribution in [0.15, 0.2) is 42.9 Å². The lowest BCUT2D eigenvalue weighted by Crippen LogP contribution is -2.12. The smallest absolute Gasteiger partial charge is 0.271 e. The third kappa shape index (κ3) is 1.85. The van der Waals surface area contributed by atoms with E-state index in [0.29, 0.717) is 5.65 Å². The molecule has 94 valence electrons.